The van der Waals surface area contributed by atoms with Crippen LogP contribution >= 0.6 is 15.9 Å². The average molecular weight is 301 g/mol. The quantitative estimate of drug-likeness (QED) is 0.864. The van der Waals surface area contributed by atoms with Crippen molar-refractivity contribution in [2.45, 2.75) is 6.54 Å². The topological polar surface area (TPSA) is 31.4 Å². The molecule has 0 saturated carbocycles. The summed E-state index contributed by atoms with van der Waals surface area (Å²) >= 11 is 3.46. The van der Waals surface area contributed by atoms with Gasteiger partial charge in [0.15, 0.2) is 0 Å². The van der Waals surface area contributed by atoms with Crippen LogP contribution in [0.3, 0.4) is 0 Å². The van der Waals surface area contributed by atoms with Gasteiger partial charge < -0.3 is 15.1 Å². The number of nitrogens with zero attached hydrogens (tertiary/aromatic N) is 3. The maximum Gasteiger partial charge on any atom is 0.132 e. The number of rotatable bonds is 6. The van der Waals surface area contributed by atoms with Crippen molar-refractivity contribution >= 4 is 21.7 Å². The normalized spacial score (nSPS) is 10.9. The molecule has 0 saturated heterocycles. The predicted molar refractivity (Wildman–Crippen MR) is 76.5 cm³/mol. The Morgan fingerprint density at radius 1 is 1.29 bits per heavy atom. The van der Waals surface area contributed by atoms with E-state index in [2.05, 4.69) is 63.2 Å². The first-order chi connectivity index (χ1) is 8.04. The van der Waals surface area contributed by atoms with E-state index < -0.39 is 0 Å². The molecule has 0 aliphatic carbocycles. The van der Waals surface area contributed by atoms with E-state index in [1.165, 1.54) is 5.56 Å². The molecule has 0 atom stereocenters. The van der Waals surface area contributed by atoms with Crippen LogP contribution < -0.4 is 10.2 Å². The summed E-state index contributed by atoms with van der Waals surface area (Å²) < 4.78 is 1.02. The molecule has 1 aromatic rings. The molecule has 0 radical (unpaired) electrons. The van der Waals surface area contributed by atoms with Crippen molar-refractivity contribution in [2.24, 2.45) is 0 Å². The molecule has 5 heteroatoms. The fraction of sp³-hybridized carbons (Fsp3) is 0.583. The summed E-state index contributed by atoms with van der Waals surface area (Å²) in [6.45, 7) is 2.82. The molecule has 1 rings (SSSR count). The van der Waals surface area contributed by atoms with Crippen LogP contribution in [0.15, 0.2) is 16.7 Å². The van der Waals surface area contributed by atoms with Gasteiger partial charge in [-0.2, -0.15) is 0 Å². The number of pyridine rings is 1. The molecule has 0 aromatic carbocycles. The number of anilines is 1. The Bertz CT molecular complexity index is 354. The van der Waals surface area contributed by atoms with Gasteiger partial charge in [-0.1, -0.05) is 0 Å². The molecule has 96 valence electrons. The number of halogens is 1. The molecule has 0 bridgehead atoms. The second-order valence-electron chi connectivity index (χ2n) is 4.39. The van der Waals surface area contributed by atoms with Gasteiger partial charge in [-0.05, 0) is 43.1 Å². The zero-order valence-corrected chi connectivity index (χ0v) is 12.6. The zero-order chi connectivity index (χ0) is 12.8. The van der Waals surface area contributed by atoms with Crippen LogP contribution in [0, 0.1) is 0 Å². The second kappa shape index (κ2) is 6.93. The highest BCUT2D eigenvalue weighted by Crippen LogP contribution is 2.20. The van der Waals surface area contributed by atoms with Crippen LogP contribution in [-0.2, 0) is 6.54 Å². The summed E-state index contributed by atoms with van der Waals surface area (Å²) in [5.41, 5.74) is 1.21. The van der Waals surface area contributed by atoms with Crippen LogP contribution in [0.25, 0.3) is 0 Å². The predicted octanol–water partition coefficient (Wildman–Crippen LogP) is 1.56. The molecule has 17 heavy (non-hydrogen) atoms. The summed E-state index contributed by atoms with van der Waals surface area (Å²) in [6, 6.07) is 2.12. The summed E-state index contributed by atoms with van der Waals surface area (Å²) in [7, 11) is 8.19. The fourth-order valence-corrected chi connectivity index (χ4v) is 1.97. The van der Waals surface area contributed by atoms with E-state index in [0.29, 0.717) is 0 Å². The Labute approximate surface area is 112 Å². The molecule has 0 spiro atoms. The highest BCUT2D eigenvalue weighted by Gasteiger charge is 2.09. The van der Waals surface area contributed by atoms with Crippen LogP contribution in [0.4, 0.5) is 5.82 Å². The summed E-state index contributed by atoms with van der Waals surface area (Å²) in [5.74, 6) is 1.05. The molecular weight excluding hydrogens is 280 g/mol. The van der Waals surface area contributed by atoms with Gasteiger partial charge in [0, 0.05) is 42.9 Å². The molecule has 0 aliphatic heterocycles. The second-order valence-corrected chi connectivity index (χ2v) is 5.31. The molecule has 1 aromatic heterocycles. The number of aromatic nitrogens is 1. The SMILES string of the molecule is CNCc1cc(Br)cnc1N(C)CCN(C)C. The van der Waals surface area contributed by atoms with Crippen LogP contribution in [0.1, 0.15) is 5.56 Å². The number of hydrogen-bond acceptors (Lipinski definition) is 4. The van der Waals surface area contributed by atoms with E-state index in [0.717, 1.165) is 29.9 Å². The van der Waals surface area contributed by atoms with Crippen molar-refractivity contribution in [2.75, 3.05) is 46.2 Å². The molecule has 1 N–H and O–H groups in total. The maximum absolute atomic E-state index is 4.50. The van der Waals surface area contributed by atoms with Gasteiger partial charge in [0.2, 0.25) is 0 Å². The third-order valence-corrected chi connectivity index (χ3v) is 2.95. The Kier molecular flexibility index (Phi) is 5.88. The Hall–Kier alpha value is -0.650. The summed E-state index contributed by atoms with van der Waals surface area (Å²) in [5, 5.41) is 3.17. The summed E-state index contributed by atoms with van der Waals surface area (Å²) in [4.78, 5) is 8.86. The highest BCUT2D eigenvalue weighted by molar-refractivity contribution is 9.10. The van der Waals surface area contributed by atoms with Crippen molar-refractivity contribution in [3.05, 3.63) is 22.3 Å². The Morgan fingerprint density at radius 2 is 2.00 bits per heavy atom. The molecule has 0 unspecified atom stereocenters. The van der Waals surface area contributed by atoms with Crippen molar-refractivity contribution in [3.8, 4) is 0 Å². The Morgan fingerprint density at radius 3 is 2.59 bits per heavy atom. The molecule has 0 fully saturated rings. The van der Waals surface area contributed by atoms with E-state index in [-0.39, 0.29) is 0 Å². The molecule has 4 nitrogen and oxygen atoms in total. The molecule has 0 aliphatic rings. The first-order valence-electron chi connectivity index (χ1n) is 5.69. The third-order valence-electron chi connectivity index (χ3n) is 2.52. The number of nitrogens with one attached hydrogen (secondary N) is 1. The van der Waals surface area contributed by atoms with Crippen LogP contribution in [-0.4, -0.2) is 51.2 Å². The van der Waals surface area contributed by atoms with E-state index in [1.807, 2.05) is 13.2 Å². The fourth-order valence-electron chi connectivity index (χ4n) is 1.59. The van der Waals surface area contributed by atoms with Gasteiger partial charge in [-0.3, -0.25) is 0 Å². The van der Waals surface area contributed by atoms with Gasteiger partial charge in [-0.15, -0.1) is 0 Å². The van der Waals surface area contributed by atoms with Crippen LogP contribution in [0.2, 0.25) is 0 Å². The highest BCUT2D eigenvalue weighted by atomic mass is 79.9. The largest absolute Gasteiger partial charge is 0.358 e. The third kappa shape index (κ3) is 4.61. The lowest BCUT2D eigenvalue weighted by molar-refractivity contribution is 0.416. The summed E-state index contributed by atoms with van der Waals surface area (Å²) in [6.07, 6.45) is 1.85. The van der Waals surface area contributed by atoms with Crippen molar-refractivity contribution in [1.29, 1.82) is 0 Å². The standard InChI is InChI=1S/C12H21BrN4/c1-14-8-10-7-11(13)9-15-12(10)17(4)6-5-16(2)3/h7,9,14H,5-6,8H2,1-4H3. The lowest BCUT2D eigenvalue weighted by atomic mass is 10.2. The molecular formula is C12H21BrN4. The van der Waals surface area contributed by atoms with Gasteiger partial charge in [0.25, 0.3) is 0 Å². The van der Waals surface area contributed by atoms with E-state index >= 15 is 0 Å². The minimum atomic E-state index is 0.827. The number of hydrogen-bond donors (Lipinski definition) is 1. The monoisotopic (exact) mass is 300 g/mol. The average Bonchev–Trinajstić information content (AvgIpc) is 2.26. The van der Waals surface area contributed by atoms with Crippen LogP contribution in [0.5, 0.6) is 0 Å². The van der Waals surface area contributed by atoms with Gasteiger partial charge in [-0.25, -0.2) is 4.98 Å². The minimum Gasteiger partial charge on any atom is -0.358 e. The van der Waals surface area contributed by atoms with E-state index in [4.69, 9.17) is 0 Å². The lowest BCUT2D eigenvalue weighted by Crippen LogP contribution is -2.30. The first-order valence-corrected chi connectivity index (χ1v) is 6.48. The minimum absolute atomic E-state index is 0.827. The molecule has 0 amide bonds. The van der Waals surface area contributed by atoms with Gasteiger partial charge in [0.05, 0.1) is 0 Å². The number of likely N-dealkylation sites (N-methyl/N-ethyl adjacent to an activating group) is 2. The van der Waals surface area contributed by atoms with E-state index in [1.54, 1.807) is 0 Å². The van der Waals surface area contributed by atoms with Gasteiger partial charge in [0.1, 0.15) is 5.82 Å². The van der Waals surface area contributed by atoms with Gasteiger partial charge >= 0.3 is 0 Å². The van der Waals surface area contributed by atoms with Crippen molar-refractivity contribution < 1.29 is 0 Å². The first kappa shape index (κ1) is 14.4. The van der Waals surface area contributed by atoms with E-state index in [9.17, 15) is 0 Å². The van der Waals surface area contributed by atoms with Crippen molar-refractivity contribution in [1.82, 2.24) is 15.2 Å². The molecule has 1 heterocycles. The lowest BCUT2D eigenvalue weighted by Gasteiger charge is -2.23. The Balaban J connectivity index is 2.80. The zero-order valence-electron chi connectivity index (χ0n) is 11.0. The maximum atomic E-state index is 4.50. The van der Waals surface area contributed by atoms with Crippen molar-refractivity contribution in [3.63, 3.8) is 0 Å². The smallest absolute Gasteiger partial charge is 0.132 e.